The minimum absolute atomic E-state index is 0.0635. The Labute approximate surface area is 177 Å². The van der Waals surface area contributed by atoms with Gasteiger partial charge in [0.25, 0.3) is 0 Å². The fraction of sp³-hybridized carbons (Fsp3) is 0.261. The van der Waals surface area contributed by atoms with Gasteiger partial charge in [-0.1, -0.05) is 11.2 Å². The molecule has 3 heterocycles. The minimum Gasteiger partial charge on any atom is -0.494 e. The van der Waals surface area contributed by atoms with Crippen LogP contribution in [0.2, 0.25) is 0 Å². The van der Waals surface area contributed by atoms with E-state index >= 15 is 0 Å². The maximum Gasteiger partial charge on any atom is 0.227 e. The molecular weight excluding hydrogens is 399 g/mol. The van der Waals surface area contributed by atoms with Crippen LogP contribution in [0.1, 0.15) is 36.2 Å². The van der Waals surface area contributed by atoms with Crippen LogP contribution in [-0.2, 0) is 4.79 Å². The summed E-state index contributed by atoms with van der Waals surface area (Å²) in [6.45, 7) is 3.79. The summed E-state index contributed by atoms with van der Waals surface area (Å²) in [4.78, 5) is 22.3. The Hall–Kier alpha value is -3.68. The molecule has 4 aromatic rings. The number of aromatic nitrogens is 3. The largest absolute Gasteiger partial charge is 0.494 e. The molecule has 1 saturated heterocycles. The first-order valence-corrected chi connectivity index (χ1v) is 10.0. The van der Waals surface area contributed by atoms with Crippen molar-refractivity contribution in [2.24, 2.45) is 0 Å². The molecule has 0 spiro atoms. The summed E-state index contributed by atoms with van der Waals surface area (Å²) in [5, 5.41) is 4.03. The van der Waals surface area contributed by atoms with E-state index in [4.69, 9.17) is 14.2 Å². The fourth-order valence-corrected chi connectivity index (χ4v) is 4.31. The van der Waals surface area contributed by atoms with E-state index in [0.29, 0.717) is 24.4 Å². The highest BCUT2D eigenvalue weighted by Gasteiger charge is 2.35. The Kier molecular flexibility index (Phi) is 4.50. The predicted octanol–water partition coefficient (Wildman–Crippen LogP) is 4.85. The molecule has 2 aromatic heterocycles. The number of hydrogen-bond acceptors (Lipinski definition) is 5. The number of rotatable bonds is 4. The number of anilines is 1. The SMILES string of the molecule is COc1ccc(N2C(=O)CC[C@H]2c2nc3ccc(-c4c(C)noc4C)cc3[nH]2)cc1F. The third kappa shape index (κ3) is 3.15. The summed E-state index contributed by atoms with van der Waals surface area (Å²) in [7, 11) is 1.41. The number of aromatic amines is 1. The number of H-pyrrole nitrogens is 1. The number of aryl methyl sites for hydroxylation is 2. The molecule has 1 aliphatic rings. The molecule has 158 valence electrons. The van der Waals surface area contributed by atoms with E-state index in [2.05, 4.69) is 10.1 Å². The molecule has 0 radical (unpaired) electrons. The van der Waals surface area contributed by atoms with Crippen molar-refractivity contribution in [2.75, 3.05) is 12.0 Å². The molecule has 0 aliphatic carbocycles. The van der Waals surface area contributed by atoms with E-state index in [9.17, 15) is 9.18 Å². The van der Waals surface area contributed by atoms with Crippen LogP contribution in [0.3, 0.4) is 0 Å². The van der Waals surface area contributed by atoms with Crippen LogP contribution in [0.25, 0.3) is 22.2 Å². The Morgan fingerprint density at radius 2 is 2.06 bits per heavy atom. The Morgan fingerprint density at radius 1 is 1.23 bits per heavy atom. The number of halogens is 1. The van der Waals surface area contributed by atoms with Crippen molar-refractivity contribution >= 4 is 22.6 Å². The van der Waals surface area contributed by atoms with E-state index in [-0.39, 0.29) is 17.7 Å². The summed E-state index contributed by atoms with van der Waals surface area (Å²) in [6, 6.07) is 10.2. The standard InChI is InChI=1S/C23H21FN4O3/c1-12-22(13(2)31-27-12)14-4-6-17-18(10-14)26-23(25-17)19-7-9-21(29)28(19)15-5-8-20(30-3)16(24)11-15/h4-6,8,10-11,19H,7,9H2,1-3H3,(H,25,26)/t19-/m0/s1. The molecule has 5 rings (SSSR count). The summed E-state index contributed by atoms with van der Waals surface area (Å²) < 4.78 is 24.6. The van der Waals surface area contributed by atoms with Crippen molar-refractivity contribution in [3.8, 4) is 16.9 Å². The van der Waals surface area contributed by atoms with Crippen molar-refractivity contribution in [3.63, 3.8) is 0 Å². The van der Waals surface area contributed by atoms with Crippen molar-refractivity contribution in [1.82, 2.24) is 15.1 Å². The average molecular weight is 420 g/mol. The number of methoxy groups -OCH3 is 1. The molecule has 7 nitrogen and oxygen atoms in total. The van der Waals surface area contributed by atoms with Gasteiger partial charge in [0.05, 0.1) is 29.9 Å². The van der Waals surface area contributed by atoms with Gasteiger partial charge in [-0.05, 0) is 50.1 Å². The molecular formula is C23H21FN4O3. The van der Waals surface area contributed by atoms with Crippen LogP contribution in [0.4, 0.5) is 10.1 Å². The first-order valence-electron chi connectivity index (χ1n) is 10.0. The van der Waals surface area contributed by atoms with Gasteiger partial charge in [0.15, 0.2) is 11.6 Å². The number of hydrogen-bond donors (Lipinski definition) is 1. The first kappa shape index (κ1) is 19.3. The highest BCUT2D eigenvalue weighted by molar-refractivity contribution is 5.96. The summed E-state index contributed by atoms with van der Waals surface area (Å²) >= 11 is 0. The zero-order valence-corrected chi connectivity index (χ0v) is 17.4. The third-order valence-electron chi connectivity index (χ3n) is 5.76. The third-order valence-corrected chi connectivity index (χ3v) is 5.76. The average Bonchev–Trinajstić information content (AvgIpc) is 3.43. The van der Waals surface area contributed by atoms with Gasteiger partial charge >= 0.3 is 0 Å². The molecule has 0 saturated carbocycles. The normalized spacial score (nSPS) is 16.5. The monoisotopic (exact) mass is 420 g/mol. The zero-order chi connectivity index (χ0) is 21.7. The fourth-order valence-electron chi connectivity index (χ4n) is 4.31. The van der Waals surface area contributed by atoms with Crippen LogP contribution in [0.5, 0.6) is 5.75 Å². The molecule has 31 heavy (non-hydrogen) atoms. The molecule has 1 N–H and O–H groups in total. The van der Waals surface area contributed by atoms with E-state index < -0.39 is 5.82 Å². The van der Waals surface area contributed by atoms with Crippen molar-refractivity contribution < 1.29 is 18.4 Å². The predicted molar refractivity (Wildman–Crippen MR) is 113 cm³/mol. The lowest BCUT2D eigenvalue weighted by Gasteiger charge is -2.23. The van der Waals surface area contributed by atoms with Crippen LogP contribution in [0.15, 0.2) is 40.9 Å². The number of nitrogens with one attached hydrogen (secondary N) is 1. The minimum atomic E-state index is -0.507. The molecule has 1 atom stereocenters. The lowest BCUT2D eigenvalue weighted by Crippen LogP contribution is -2.28. The highest BCUT2D eigenvalue weighted by atomic mass is 19.1. The quantitative estimate of drug-likeness (QED) is 0.510. The summed E-state index contributed by atoms with van der Waals surface area (Å²) in [5.74, 6) is 1.000. The van der Waals surface area contributed by atoms with Crippen molar-refractivity contribution in [1.29, 1.82) is 0 Å². The van der Waals surface area contributed by atoms with E-state index in [1.807, 2.05) is 32.0 Å². The van der Waals surface area contributed by atoms with Gasteiger partial charge in [-0.25, -0.2) is 9.37 Å². The lowest BCUT2D eigenvalue weighted by molar-refractivity contribution is -0.117. The molecule has 0 unspecified atom stereocenters. The van der Waals surface area contributed by atoms with Gasteiger partial charge in [-0.3, -0.25) is 4.79 Å². The second-order valence-corrected chi connectivity index (χ2v) is 7.69. The Balaban J connectivity index is 1.53. The molecule has 1 aliphatic heterocycles. The topological polar surface area (TPSA) is 84.2 Å². The summed E-state index contributed by atoms with van der Waals surface area (Å²) in [5.41, 5.74) is 4.91. The molecule has 1 fully saturated rings. The second-order valence-electron chi connectivity index (χ2n) is 7.69. The van der Waals surface area contributed by atoms with Crippen molar-refractivity contribution in [2.45, 2.75) is 32.7 Å². The maximum absolute atomic E-state index is 14.3. The van der Waals surface area contributed by atoms with Crippen molar-refractivity contribution in [3.05, 3.63) is 59.5 Å². The number of ether oxygens (including phenoxy) is 1. The lowest BCUT2D eigenvalue weighted by atomic mass is 10.0. The van der Waals surface area contributed by atoms with Crippen LogP contribution in [0, 0.1) is 19.7 Å². The van der Waals surface area contributed by atoms with Gasteiger partial charge in [0.1, 0.15) is 11.6 Å². The number of amides is 1. The van der Waals surface area contributed by atoms with Crippen LogP contribution in [-0.4, -0.2) is 28.1 Å². The molecule has 0 bridgehead atoms. The zero-order valence-electron chi connectivity index (χ0n) is 17.4. The number of carbonyl (C=O) groups excluding carboxylic acids is 1. The Bertz CT molecular complexity index is 1290. The smallest absolute Gasteiger partial charge is 0.227 e. The van der Waals surface area contributed by atoms with Gasteiger partial charge in [0, 0.05) is 23.7 Å². The van der Waals surface area contributed by atoms with E-state index in [1.165, 1.54) is 19.2 Å². The molecule has 1 amide bonds. The first-order chi connectivity index (χ1) is 15.0. The van der Waals surface area contributed by atoms with Crippen LogP contribution >= 0.6 is 0 Å². The van der Waals surface area contributed by atoms with E-state index in [0.717, 1.165) is 33.6 Å². The molecule has 8 heteroatoms. The van der Waals surface area contributed by atoms with Crippen LogP contribution < -0.4 is 9.64 Å². The summed E-state index contributed by atoms with van der Waals surface area (Å²) in [6.07, 6.45) is 0.975. The molecule has 2 aromatic carbocycles. The van der Waals surface area contributed by atoms with Gasteiger partial charge < -0.3 is 19.1 Å². The Morgan fingerprint density at radius 3 is 2.77 bits per heavy atom. The number of carbonyl (C=O) groups is 1. The number of benzene rings is 2. The number of nitrogens with zero attached hydrogens (tertiary/aromatic N) is 3. The highest BCUT2D eigenvalue weighted by Crippen LogP contribution is 2.38. The number of imidazole rings is 1. The van der Waals surface area contributed by atoms with Gasteiger partial charge in [0.2, 0.25) is 5.91 Å². The van der Waals surface area contributed by atoms with E-state index in [1.54, 1.807) is 11.0 Å². The number of fused-ring (bicyclic) bond motifs is 1. The van der Waals surface area contributed by atoms with Gasteiger partial charge in [-0.2, -0.15) is 0 Å². The maximum atomic E-state index is 14.3. The second kappa shape index (κ2) is 7.23. The van der Waals surface area contributed by atoms with Gasteiger partial charge in [-0.15, -0.1) is 0 Å².